The maximum absolute atomic E-state index is 10.1. The first-order chi connectivity index (χ1) is 13.6. The molecule has 1 saturated heterocycles. The Kier molecular flexibility index (Phi) is 5.16. The van der Waals surface area contributed by atoms with E-state index in [-0.39, 0.29) is 5.41 Å². The summed E-state index contributed by atoms with van der Waals surface area (Å²) in [6, 6.07) is 16.3. The molecular formula is C23H30N4O. The van der Waals surface area contributed by atoms with Crippen LogP contribution in [-0.2, 0) is 5.41 Å². The molecule has 1 aliphatic carbocycles. The van der Waals surface area contributed by atoms with Gasteiger partial charge in [-0.15, -0.1) is 0 Å². The van der Waals surface area contributed by atoms with Crippen molar-refractivity contribution in [3.8, 4) is 5.75 Å². The Balaban J connectivity index is 1.36. The van der Waals surface area contributed by atoms with Crippen molar-refractivity contribution in [1.82, 2.24) is 10.2 Å². The Morgan fingerprint density at radius 2 is 1.71 bits per heavy atom. The highest BCUT2D eigenvalue weighted by atomic mass is 16.3. The lowest BCUT2D eigenvalue weighted by Gasteiger charge is -2.38. The lowest BCUT2D eigenvalue weighted by Crippen LogP contribution is -2.53. The number of nitrogens with zero attached hydrogens (tertiary/aromatic N) is 3. The van der Waals surface area contributed by atoms with E-state index in [1.807, 2.05) is 25.2 Å². The van der Waals surface area contributed by atoms with Gasteiger partial charge in [0.1, 0.15) is 5.75 Å². The third-order valence-electron chi connectivity index (χ3n) is 6.17. The van der Waals surface area contributed by atoms with Crippen LogP contribution in [0.25, 0.3) is 0 Å². The highest BCUT2D eigenvalue weighted by Gasteiger charge is 2.45. The molecule has 1 heterocycles. The van der Waals surface area contributed by atoms with E-state index in [1.165, 1.54) is 24.0 Å². The molecule has 28 heavy (non-hydrogen) atoms. The summed E-state index contributed by atoms with van der Waals surface area (Å²) in [5.74, 6) is 1.34. The number of phenolic OH excluding ortho intramolecular Hbond substituents is 1. The van der Waals surface area contributed by atoms with Crippen LogP contribution in [0.15, 0.2) is 53.5 Å². The molecule has 0 amide bonds. The van der Waals surface area contributed by atoms with Crippen molar-refractivity contribution in [2.75, 3.05) is 44.7 Å². The van der Waals surface area contributed by atoms with Crippen molar-refractivity contribution in [3.05, 3.63) is 59.7 Å². The number of aryl methyl sites for hydroxylation is 1. The molecule has 0 atom stereocenters. The van der Waals surface area contributed by atoms with Gasteiger partial charge < -0.3 is 20.2 Å². The van der Waals surface area contributed by atoms with E-state index in [9.17, 15) is 5.11 Å². The Hall–Kier alpha value is -2.69. The fraction of sp³-hybridized carbons (Fsp3) is 0.435. The first-order valence-corrected chi connectivity index (χ1v) is 10.2. The Bertz CT molecular complexity index is 851. The van der Waals surface area contributed by atoms with Crippen LogP contribution in [0, 0.1) is 6.92 Å². The van der Waals surface area contributed by atoms with Gasteiger partial charge >= 0.3 is 0 Å². The van der Waals surface area contributed by atoms with Crippen LogP contribution in [-0.4, -0.2) is 55.7 Å². The lowest BCUT2D eigenvalue weighted by atomic mass is 9.92. The number of para-hydroxylation sites is 2. The lowest BCUT2D eigenvalue weighted by molar-refractivity contribution is 0.368. The summed E-state index contributed by atoms with van der Waals surface area (Å²) in [6.07, 6.45) is 2.48. The average Bonchev–Trinajstić information content (AvgIpc) is 3.51. The van der Waals surface area contributed by atoms with Gasteiger partial charge in [-0.05, 0) is 43.0 Å². The minimum atomic E-state index is 0.263. The van der Waals surface area contributed by atoms with Crippen LogP contribution in [0.1, 0.15) is 24.0 Å². The number of hydrogen-bond donors (Lipinski definition) is 2. The van der Waals surface area contributed by atoms with Gasteiger partial charge in [-0.2, -0.15) is 0 Å². The molecule has 0 unspecified atom stereocenters. The largest absolute Gasteiger partial charge is 0.506 e. The summed E-state index contributed by atoms with van der Waals surface area (Å²) in [5, 5.41) is 13.7. The highest BCUT2D eigenvalue weighted by molar-refractivity contribution is 5.80. The number of benzene rings is 2. The molecule has 4 rings (SSSR count). The summed E-state index contributed by atoms with van der Waals surface area (Å²) in [4.78, 5) is 9.11. The molecule has 148 valence electrons. The smallest absolute Gasteiger partial charge is 0.193 e. The molecular weight excluding hydrogens is 348 g/mol. The standard InChI is InChI=1S/C23H30N4O/c1-18-7-3-4-8-19(18)23(11-12-23)17-25-22(24-2)27-15-13-26(14-16-27)20-9-5-6-10-21(20)28/h3-10,28H,11-17H2,1-2H3,(H,24,25). The average molecular weight is 379 g/mol. The maximum atomic E-state index is 10.1. The number of anilines is 1. The fourth-order valence-corrected chi connectivity index (χ4v) is 4.33. The molecule has 2 fully saturated rings. The Labute approximate surface area is 167 Å². The van der Waals surface area contributed by atoms with Gasteiger partial charge in [-0.1, -0.05) is 36.4 Å². The van der Waals surface area contributed by atoms with E-state index in [1.54, 1.807) is 6.07 Å². The van der Waals surface area contributed by atoms with Crippen LogP contribution >= 0.6 is 0 Å². The normalized spacial score (nSPS) is 18.9. The molecule has 1 aliphatic heterocycles. The van der Waals surface area contributed by atoms with E-state index in [2.05, 4.69) is 51.3 Å². The van der Waals surface area contributed by atoms with E-state index < -0.39 is 0 Å². The summed E-state index contributed by atoms with van der Waals surface area (Å²) >= 11 is 0. The van der Waals surface area contributed by atoms with E-state index in [0.29, 0.717) is 5.75 Å². The number of guanidine groups is 1. The van der Waals surface area contributed by atoms with Crippen molar-refractivity contribution >= 4 is 11.6 Å². The van der Waals surface area contributed by atoms with Crippen molar-refractivity contribution in [2.45, 2.75) is 25.2 Å². The maximum Gasteiger partial charge on any atom is 0.193 e. The van der Waals surface area contributed by atoms with Gasteiger partial charge in [0.2, 0.25) is 0 Å². The number of aliphatic imine (C=N–C) groups is 1. The number of aromatic hydroxyl groups is 1. The molecule has 2 N–H and O–H groups in total. The molecule has 2 aromatic rings. The number of nitrogens with one attached hydrogen (secondary N) is 1. The number of phenols is 1. The summed E-state index contributed by atoms with van der Waals surface area (Å²) in [7, 11) is 1.87. The van der Waals surface area contributed by atoms with Crippen molar-refractivity contribution in [3.63, 3.8) is 0 Å². The molecule has 5 heteroatoms. The van der Waals surface area contributed by atoms with Gasteiger partial charge in [0.15, 0.2) is 5.96 Å². The zero-order valence-corrected chi connectivity index (χ0v) is 16.9. The van der Waals surface area contributed by atoms with Crippen LogP contribution in [0.2, 0.25) is 0 Å². The minimum Gasteiger partial charge on any atom is -0.506 e. The third-order valence-corrected chi connectivity index (χ3v) is 6.17. The van der Waals surface area contributed by atoms with Gasteiger partial charge in [0.25, 0.3) is 0 Å². The molecule has 0 bridgehead atoms. The second-order valence-corrected chi connectivity index (χ2v) is 7.96. The van der Waals surface area contributed by atoms with Crippen LogP contribution in [0.5, 0.6) is 5.75 Å². The first-order valence-electron chi connectivity index (χ1n) is 10.2. The van der Waals surface area contributed by atoms with Gasteiger partial charge in [0, 0.05) is 45.2 Å². The number of piperazine rings is 1. The first kappa shape index (κ1) is 18.7. The van der Waals surface area contributed by atoms with Gasteiger partial charge in [0.05, 0.1) is 5.69 Å². The summed E-state index contributed by atoms with van der Waals surface area (Å²) in [6.45, 7) is 6.69. The van der Waals surface area contributed by atoms with E-state index >= 15 is 0 Å². The molecule has 0 aromatic heterocycles. The van der Waals surface area contributed by atoms with Gasteiger partial charge in [-0.3, -0.25) is 4.99 Å². The van der Waals surface area contributed by atoms with Crippen molar-refractivity contribution in [1.29, 1.82) is 0 Å². The number of hydrogen-bond acceptors (Lipinski definition) is 3. The minimum absolute atomic E-state index is 0.263. The zero-order valence-electron chi connectivity index (χ0n) is 16.9. The Morgan fingerprint density at radius 3 is 2.36 bits per heavy atom. The van der Waals surface area contributed by atoms with Crippen molar-refractivity contribution < 1.29 is 5.11 Å². The van der Waals surface area contributed by atoms with Crippen LogP contribution < -0.4 is 10.2 Å². The van der Waals surface area contributed by atoms with Crippen LogP contribution in [0.4, 0.5) is 5.69 Å². The third kappa shape index (κ3) is 3.66. The SMILES string of the molecule is CN=C(NCC1(c2ccccc2C)CC1)N1CCN(c2ccccc2O)CC1. The molecule has 2 aliphatic rings. The Morgan fingerprint density at radius 1 is 1.04 bits per heavy atom. The van der Waals surface area contributed by atoms with E-state index in [4.69, 9.17) is 0 Å². The molecule has 0 radical (unpaired) electrons. The molecule has 1 saturated carbocycles. The predicted molar refractivity (Wildman–Crippen MR) is 115 cm³/mol. The number of rotatable bonds is 4. The van der Waals surface area contributed by atoms with Crippen LogP contribution in [0.3, 0.4) is 0 Å². The van der Waals surface area contributed by atoms with E-state index in [0.717, 1.165) is 44.4 Å². The second-order valence-electron chi connectivity index (χ2n) is 7.96. The summed E-state index contributed by atoms with van der Waals surface area (Å²) in [5.41, 5.74) is 4.04. The monoisotopic (exact) mass is 378 g/mol. The summed E-state index contributed by atoms with van der Waals surface area (Å²) < 4.78 is 0. The second kappa shape index (κ2) is 7.74. The van der Waals surface area contributed by atoms with Gasteiger partial charge in [-0.25, -0.2) is 0 Å². The quantitative estimate of drug-likeness (QED) is 0.634. The van der Waals surface area contributed by atoms with Crippen molar-refractivity contribution in [2.24, 2.45) is 4.99 Å². The topological polar surface area (TPSA) is 51.1 Å². The molecule has 2 aromatic carbocycles. The molecule has 5 nitrogen and oxygen atoms in total. The fourth-order valence-electron chi connectivity index (χ4n) is 4.33. The highest BCUT2D eigenvalue weighted by Crippen LogP contribution is 2.48. The zero-order chi connectivity index (χ0) is 19.6. The predicted octanol–water partition coefficient (Wildman–Crippen LogP) is 3.13. The molecule has 0 spiro atoms.